The van der Waals surface area contributed by atoms with Crippen LogP contribution in [0.15, 0.2) is 30.3 Å². The van der Waals surface area contributed by atoms with Gasteiger partial charge in [0.1, 0.15) is 6.61 Å². The van der Waals surface area contributed by atoms with E-state index < -0.39 is 5.97 Å². The zero-order valence-electron chi connectivity index (χ0n) is 11.1. The molecule has 1 aliphatic carbocycles. The lowest BCUT2D eigenvalue weighted by Gasteiger charge is -2.19. The Bertz CT molecular complexity index is 504. The van der Waals surface area contributed by atoms with Gasteiger partial charge in [0.25, 0.3) is 0 Å². The Morgan fingerprint density at radius 3 is 2.45 bits per heavy atom. The van der Waals surface area contributed by atoms with Crippen molar-refractivity contribution in [3.63, 3.8) is 0 Å². The van der Waals surface area contributed by atoms with Gasteiger partial charge in [0.2, 0.25) is 0 Å². The van der Waals surface area contributed by atoms with Crippen LogP contribution < -0.4 is 0 Å². The Morgan fingerprint density at radius 1 is 1.20 bits per heavy atom. The second-order valence-corrected chi connectivity index (χ2v) is 5.53. The molecule has 1 N–H and O–H groups in total. The maximum absolute atomic E-state index is 11.9. The van der Waals surface area contributed by atoms with Crippen LogP contribution in [0.5, 0.6) is 0 Å². The van der Waals surface area contributed by atoms with E-state index in [9.17, 15) is 9.59 Å². The Balaban J connectivity index is 1.44. The summed E-state index contributed by atoms with van der Waals surface area (Å²) in [5.41, 5.74) is 0.967. The van der Waals surface area contributed by atoms with Crippen LogP contribution in [0.3, 0.4) is 0 Å². The highest BCUT2D eigenvalue weighted by molar-refractivity contribution is 5.70. The molecule has 106 valence electrons. The monoisotopic (exact) mass is 275 g/mol. The Hall–Kier alpha value is -2.04. The molecule has 3 rings (SSSR count). The fourth-order valence-electron chi connectivity index (χ4n) is 3.11. The number of carboxylic acids is 1. The molecule has 2 unspecified atom stereocenters. The van der Waals surface area contributed by atoms with Gasteiger partial charge in [-0.2, -0.15) is 0 Å². The third kappa shape index (κ3) is 2.61. The molecule has 1 aromatic rings. The van der Waals surface area contributed by atoms with Crippen LogP contribution in [-0.4, -0.2) is 35.2 Å². The number of carboxylic acid groups (broad SMARTS) is 1. The van der Waals surface area contributed by atoms with Gasteiger partial charge in [-0.25, -0.2) is 4.79 Å². The minimum atomic E-state index is -0.748. The number of hydrogen-bond donors (Lipinski definition) is 1. The number of nitrogens with zero attached hydrogens (tertiary/aromatic N) is 1. The number of likely N-dealkylation sites (tertiary alicyclic amines) is 1. The molecule has 1 amide bonds. The van der Waals surface area contributed by atoms with E-state index in [0.717, 1.165) is 5.56 Å². The number of amides is 1. The van der Waals surface area contributed by atoms with Gasteiger partial charge in [-0.3, -0.25) is 4.79 Å². The van der Waals surface area contributed by atoms with Crippen molar-refractivity contribution in [2.24, 2.45) is 17.8 Å². The minimum Gasteiger partial charge on any atom is -0.481 e. The number of hydrogen-bond acceptors (Lipinski definition) is 3. The van der Waals surface area contributed by atoms with E-state index in [4.69, 9.17) is 9.84 Å². The maximum atomic E-state index is 11.9. The summed E-state index contributed by atoms with van der Waals surface area (Å²) < 4.78 is 5.27. The van der Waals surface area contributed by atoms with Gasteiger partial charge in [-0.05, 0) is 23.3 Å². The summed E-state index contributed by atoms with van der Waals surface area (Å²) in [7, 11) is 0. The summed E-state index contributed by atoms with van der Waals surface area (Å²) in [5, 5.41) is 8.76. The topological polar surface area (TPSA) is 66.8 Å². The highest BCUT2D eigenvalue weighted by atomic mass is 16.6. The van der Waals surface area contributed by atoms with Crippen LogP contribution in [0, 0.1) is 17.8 Å². The third-order valence-electron chi connectivity index (χ3n) is 4.25. The first kappa shape index (κ1) is 13.0. The number of aliphatic carboxylic acids is 1. The van der Waals surface area contributed by atoms with E-state index in [-0.39, 0.29) is 25.0 Å². The van der Waals surface area contributed by atoms with Crippen LogP contribution in [-0.2, 0) is 16.1 Å². The van der Waals surface area contributed by atoms with E-state index in [2.05, 4.69) is 0 Å². The van der Waals surface area contributed by atoms with Crippen molar-refractivity contribution in [1.82, 2.24) is 4.90 Å². The lowest BCUT2D eigenvalue weighted by atomic mass is 10.2. The van der Waals surface area contributed by atoms with Gasteiger partial charge in [0.05, 0.1) is 0 Å². The van der Waals surface area contributed by atoms with Crippen molar-refractivity contribution in [1.29, 1.82) is 0 Å². The number of carbonyl (C=O) groups excluding carboxylic acids is 1. The summed E-state index contributed by atoms with van der Waals surface area (Å²) in [6, 6.07) is 9.56. The molecule has 0 spiro atoms. The SMILES string of the molecule is O=C(O)CC1C2CN(C(=O)OCc3ccccc3)CC12. The van der Waals surface area contributed by atoms with E-state index in [1.165, 1.54) is 0 Å². The zero-order valence-corrected chi connectivity index (χ0v) is 11.1. The Morgan fingerprint density at radius 2 is 1.85 bits per heavy atom. The molecule has 20 heavy (non-hydrogen) atoms. The van der Waals surface area contributed by atoms with Crippen molar-refractivity contribution in [3.05, 3.63) is 35.9 Å². The molecule has 0 radical (unpaired) electrons. The number of carbonyl (C=O) groups is 2. The summed E-state index contributed by atoms with van der Waals surface area (Å²) in [6.45, 7) is 1.55. The molecule has 5 heteroatoms. The lowest BCUT2D eigenvalue weighted by molar-refractivity contribution is -0.137. The molecule has 0 aromatic heterocycles. The number of benzene rings is 1. The molecule has 1 saturated carbocycles. The molecule has 2 aliphatic rings. The number of ether oxygens (including phenoxy) is 1. The molecular formula is C15H17NO4. The van der Waals surface area contributed by atoms with Gasteiger partial charge in [0.15, 0.2) is 0 Å². The van der Waals surface area contributed by atoms with Gasteiger partial charge in [0, 0.05) is 19.5 Å². The average Bonchev–Trinajstić information content (AvgIpc) is 2.89. The molecular weight excluding hydrogens is 258 g/mol. The maximum Gasteiger partial charge on any atom is 0.410 e. The highest BCUT2D eigenvalue weighted by Gasteiger charge is 2.57. The van der Waals surface area contributed by atoms with Gasteiger partial charge in [-0.15, -0.1) is 0 Å². The lowest BCUT2D eigenvalue weighted by Crippen LogP contribution is -2.32. The normalized spacial score (nSPS) is 27.0. The number of fused-ring (bicyclic) bond motifs is 1. The van der Waals surface area contributed by atoms with Crippen LogP contribution in [0.25, 0.3) is 0 Å². The van der Waals surface area contributed by atoms with E-state index in [0.29, 0.717) is 24.9 Å². The summed E-state index contributed by atoms with van der Waals surface area (Å²) in [5.74, 6) is 0.221. The molecule has 5 nitrogen and oxygen atoms in total. The standard InChI is InChI=1S/C15H17NO4/c17-14(18)6-11-12-7-16(8-13(11)12)15(19)20-9-10-4-2-1-3-5-10/h1-5,11-13H,6-9H2,(H,17,18). The summed E-state index contributed by atoms with van der Waals surface area (Å²) in [6.07, 6.45) is -0.0717. The fourth-order valence-corrected chi connectivity index (χ4v) is 3.11. The molecule has 0 bridgehead atoms. The molecule has 1 saturated heterocycles. The summed E-state index contributed by atoms with van der Waals surface area (Å²) in [4.78, 5) is 24.2. The van der Waals surface area contributed by atoms with Gasteiger partial charge in [-0.1, -0.05) is 30.3 Å². The Kier molecular flexibility index (Phi) is 3.34. The first-order chi connectivity index (χ1) is 9.65. The van der Waals surface area contributed by atoms with Crippen molar-refractivity contribution < 1.29 is 19.4 Å². The van der Waals surface area contributed by atoms with Crippen LogP contribution in [0.4, 0.5) is 4.79 Å². The zero-order chi connectivity index (χ0) is 14.1. The van der Waals surface area contributed by atoms with Crippen molar-refractivity contribution in [2.75, 3.05) is 13.1 Å². The van der Waals surface area contributed by atoms with E-state index in [1.54, 1.807) is 4.90 Å². The average molecular weight is 275 g/mol. The second-order valence-electron chi connectivity index (χ2n) is 5.53. The van der Waals surface area contributed by atoms with Gasteiger partial charge >= 0.3 is 12.1 Å². The fraction of sp³-hybridized carbons (Fsp3) is 0.467. The van der Waals surface area contributed by atoms with Gasteiger partial charge < -0.3 is 14.7 Å². The number of rotatable bonds is 4. The smallest absolute Gasteiger partial charge is 0.410 e. The van der Waals surface area contributed by atoms with E-state index >= 15 is 0 Å². The minimum absolute atomic E-state index is 0.224. The molecule has 1 aromatic carbocycles. The van der Waals surface area contributed by atoms with Crippen molar-refractivity contribution in [2.45, 2.75) is 13.0 Å². The van der Waals surface area contributed by atoms with E-state index in [1.807, 2.05) is 30.3 Å². The second kappa shape index (κ2) is 5.15. The predicted molar refractivity (Wildman–Crippen MR) is 70.9 cm³/mol. The third-order valence-corrected chi connectivity index (χ3v) is 4.25. The molecule has 1 heterocycles. The molecule has 2 fully saturated rings. The van der Waals surface area contributed by atoms with Crippen LogP contribution in [0.2, 0.25) is 0 Å². The van der Waals surface area contributed by atoms with Crippen LogP contribution in [0.1, 0.15) is 12.0 Å². The Labute approximate surface area is 117 Å². The van der Waals surface area contributed by atoms with Crippen molar-refractivity contribution >= 4 is 12.1 Å². The molecule has 1 aliphatic heterocycles. The predicted octanol–water partition coefficient (Wildman–Crippen LogP) is 1.98. The van der Waals surface area contributed by atoms with Crippen LogP contribution >= 0.6 is 0 Å². The summed E-state index contributed by atoms with van der Waals surface area (Å²) >= 11 is 0. The van der Waals surface area contributed by atoms with Crippen molar-refractivity contribution in [3.8, 4) is 0 Å². The molecule has 2 atom stereocenters. The first-order valence-electron chi connectivity index (χ1n) is 6.82. The first-order valence-corrected chi connectivity index (χ1v) is 6.82. The quantitative estimate of drug-likeness (QED) is 0.912. The largest absolute Gasteiger partial charge is 0.481 e. The number of piperidine rings is 1. The highest BCUT2D eigenvalue weighted by Crippen LogP contribution is 2.53.